The molecule has 0 saturated heterocycles. The molecule has 4 nitrogen and oxygen atoms in total. The number of fused-ring (bicyclic) bond motifs is 11. The van der Waals surface area contributed by atoms with E-state index in [0.29, 0.717) is 11.6 Å². The van der Waals surface area contributed by atoms with Gasteiger partial charge in [-0.15, -0.1) is 0 Å². The fraction of sp³-hybridized carbons (Fsp3) is 0. The summed E-state index contributed by atoms with van der Waals surface area (Å²) in [5.74, 6) is 2.04. The van der Waals surface area contributed by atoms with E-state index in [1.807, 2.05) is 24.4 Å². The van der Waals surface area contributed by atoms with E-state index >= 15 is 0 Å². The van der Waals surface area contributed by atoms with Crippen LogP contribution in [0.1, 0.15) is 27.9 Å². The fourth-order valence-electron chi connectivity index (χ4n) is 8.38. The van der Waals surface area contributed by atoms with E-state index in [-0.39, 0.29) is 0 Å². The van der Waals surface area contributed by atoms with Crippen molar-refractivity contribution >= 4 is 51.6 Å². The molecule has 1 aliphatic heterocycles. The Labute approximate surface area is 324 Å². The van der Waals surface area contributed by atoms with Crippen LogP contribution in [-0.2, 0) is 0 Å². The van der Waals surface area contributed by atoms with E-state index in [1.54, 1.807) is 0 Å². The van der Waals surface area contributed by atoms with E-state index in [2.05, 4.69) is 181 Å². The van der Waals surface area contributed by atoms with Gasteiger partial charge in [-0.3, -0.25) is 4.57 Å². The van der Waals surface area contributed by atoms with E-state index in [4.69, 9.17) is 14.7 Å². The lowest BCUT2D eigenvalue weighted by molar-refractivity contribution is 0.463. The molecule has 0 atom stereocenters. The quantitative estimate of drug-likeness (QED) is 0.182. The van der Waals surface area contributed by atoms with Crippen LogP contribution in [0.15, 0.2) is 187 Å². The van der Waals surface area contributed by atoms with Crippen LogP contribution in [0.5, 0.6) is 11.6 Å². The molecule has 1 aliphatic carbocycles. The summed E-state index contributed by atoms with van der Waals surface area (Å²) in [7, 11) is 0. The van der Waals surface area contributed by atoms with Crippen molar-refractivity contribution in [2.24, 2.45) is 4.99 Å². The smallest absolute Gasteiger partial charge is 0.219 e. The second-order valence-corrected chi connectivity index (χ2v) is 14.2. The highest BCUT2D eigenvalue weighted by Gasteiger charge is 2.21. The molecule has 3 heterocycles. The minimum atomic E-state index is 0.521. The van der Waals surface area contributed by atoms with Crippen molar-refractivity contribution in [3.63, 3.8) is 0 Å². The Hall–Kier alpha value is -7.56. The summed E-state index contributed by atoms with van der Waals surface area (Å²) >= 11 is 0. The number of hydrogen-bond donors (Lipinski definition) is 0. The first-order chi connectivity index (χ1) is 27.8. The number of hydrogen-bond acceptors (Lipinski definition) is 3. The van der Waals surface area contributed by atoms with Gasteiger partial charge in [0.2, 0.25) is 5.88 Å². The van der Waals surface area contributed by atoms with Gasteiger partial charge < -0.3 is 4.74 Å². The highest BCUT2D eigenvalue weighted by atomic mass is 16.5. The number of nitrogens with zero attached hydrogens (tertiary/aromatic N) is 3. The highest BCUT2D eigenvalue weighted by molar-refractivity contribution is 6.12. The molecule has 7 aromatic carbocycles. The largest absolute Gasteiger partial charge is 0.439 e. The van der Waals surface area contributed by atoms with Crippen LogP contribution >= 0.6 is 0 Å². The highest BCUT2D eigenvalue weighted by Crippen LogP contribution is 2.43. The van der Waals surface area contributed by atoms with E-state index in [9.17, 15) is 0 Å². The number of rotatable bonds is 4. The monoisotopic (exact) mass is 715 g/mol. The van der Waals surface area contributed by atoms with Crippen LogP contribution in [0.2, 0.25) is 0 Å². The molecular weight excluding hydrogens is 683 g/mol. The molecule has 0 saturated carbocycles. The van der Waals surface area contributed by atoms with Crippen molar-refractivity contribution in [2.45, 2.75) is 0 Å². The SMILES string of the molecule is C1=C(c2cccc(Oc3ccc4c5ccccc5n(C5=C/c6ccccc6-c6ccccc6/C=N\5)c4c3)n2)c2ccccc2-c2ccccc2-c2ccccc21. The van der Waals surface area contributed by atoms with Crippen LogP contribution in [0.3, 0.4) is 0 Å². The zero-order chi connectivity index (χ0) is 37.0. The standard InChI is InChI=1S/C52H33N3O/c1-5-18-39-34(14-1)30-47(44-23-10-9-22-43(44)42-21-8-7-20-41(39)42)48-25-13-27-52(54-48)56-37-28-29-46-45-24-11-12-26-49(45)55(50(46)32-37)51-31-35-15-2-4-17-38(35)40-19-6-3-16-36(40)33-53-51/h1-33H/b34-30?,35-31?,36-33?,40-38?,41-39?,43-42?,47-30?,47-44?,51-31+,53-33-,53-51?. The fourth-order valence-corrected chi connectivity index (χ4v) is 8.38. The van der Waals surface area contributed by atoms with Gasteiger partial charge in [0.25, 0.3) is 0 Å². The third kappa shape index (κ3) is 5.31. The zero-order valence-corrected chi connectivity index (χ0v) is 30.3. The van der Waals surface area contributed by atoms with Gasteiger partial charge in [-0.2, -0.15) is 0 Å². The molecule has 0 amide bonds. The summed E-state index contributed by atoms with van der Waals surface area (Å²) in [5.41, 5.74) is 15.6. The van der Waals surface area contributed by atoms with E-state index < -0.39 is 0 Å². The maximum Gasteiger partial charge on any atom is 0.219 e. The predicted octanol–water partition coefficient (Wildman–Crippen LogP) is 13.3. The normalized spacial score (nSPS) is 14.3. The zero-order valence-electron chi connectivity index (χ0n) is 30.3. The van der Waals surface area contributed by atoms with Gasteiger partial charge >= 0.3 is 0 Å². The topological polar surface area (TPSA) is 39.4 Å². The minimum Gasteiger partial charge on any atom is -0.439 e. The van der Waals surface area contributed by atoms with Gasteiger partial charge in [0.05, 0.1) is 16.7 Å². The molecule has 0 spiro atoms. The molecule has 262 valence electrons. The van der Waals surface area contributed by atoms with Crippen molar-refractivity contribution in [3.8, 4) is 45.0 Å². The van der Waals surface area contributed by atoms with Gasteiger partial charge in [0, 0.05) is 40.3 Å². The average molecular weight is 716 g/mol. The van der Waals surface area contributed by atoms with Gasteiger partial charge in [0.1, 0.15) is 11.6 Å². The lowest BCUT2D eigenvalue weighted by Gasteiger charge is -2.21. The average Bonchev–Trinajstić information content (AvgIpc) is 3.57. The van der Waals surface area contributed by atoms with Crippen LogP contribution in [0.25, 0.3) is 78.7 Å². The van der Waals surface area contributed by atoms with E-state index in [1.165, 1.54) is 33.4 Å². The number of benzene rings is 7. The van der Waals surface area contributed by atoms with Crippen molar-refractivity contribution < 1.29 is 4.74 Å². The number of para-hydroxylation sites is 1. The van der Waals surface area contributed by atoms with E-state index in [0.717, 1.165) is 61.1 Å². The Morgan fingerprint density at radius 2 is 0.964 bits per heavy atom. The molecule has 0 fully saturated rings. The molecule has 0 N–H and O–H groups in total. The first kappa shape index (κ1) is 31.9. The van der Waals surface area contributed by atoms with Gasteiger partial charge in [0.15, 0.2) is 0 Å². The summed E-state index contributed by atoms with van der Waals surface area (Å²) in [6.07, 6.45) is 6.43. The van der Waals surface area contributed by atoms with Crippen molar-refractivity contribution in [3.05, 3.63) is 210 Å². The molecule has 0 unspecified atom stereocenters. The molecule has 11 rings (SSSR count). The second-order valence-electron chi connectivity index (χ2n) is 14.2. The molecular formula is C52H33N3O. The lowest BCUT2D eigenvalue weighted by Crippen LogP contribution is -2.01. The third-order valence-corrected chi connectivity index (χ3v) is 10.9. The van der Waals surface area contributed by atoms with Gasteiger partial charge in [-0.1, -0.05) is 146 Å². The molecule has 0 radical (unpaired) electrons. The number of aromatic nitrogens is 2. The number of ether oxygens (including phenoxy) is 1. The Kier molecular flexibility index (Phi) is 7.46. The predicted molar refractivity (Wildman–Crippen MR) is 232 cm³/mol. The van der Waals surface area contributed by atoms with Crippen molar-refractivity contribution in [1.82, 2.24) is 9.55 Å². The van der Waals surface area contributed by atoms with Gasteiger partial charge in [-0.25, -0.2) is 9.98 Å². The minimum absolute atomic E-state index is 0.521. The first-order valence-electron chi connectivity index (χ1n) is 18.9. The number of pyridine rings is 1. The molecule has 2 aromatic heterocycles. The molecule has 56 heavy (non-hydrogen) atoms. The molecule has 0 bridgehead atoms. The van der Waals surface area contributed by atoms with Crippen molar-refractivity contribution in [1.29, 1.82) is 0 Å². The second kappa shape index (κ2) is 13.1. The summed E-state index contributed by atoms with van der Waals surface area (Å²) in [6, 6.07) is 63.6. The molecule has 9 aromatic rings. The summed E-state index contributed by atoms with van der Waals surface area (Å²) < 4.78 is 8.91. The van der Waals surface area contributed by atoms with Crippen LogP contribution in [0.4, 0.5) is 0 Å². The maximum atomic E-state index is 6.66. The lowest BCUT2D eigenvalue weighted by atomic mass is 9.83. The Balaban J connectivity index is 1.03. The van der Waals surface area contributed by atoms with Crippen molar-refractivity contribution in [2.75, 3.05) is 0 Å². The Morgan fingerprint density at radius 1 is 0.411 bits per heavy atom. The van der Waals surface area contributed by atoms with Crippen LogP contribution in [-0.4, -0.2) is 15.8 Å². The Morgan fingerprint density at radius 3 is 1.73 bits per heavy atom. The van der Waals surface area contributed by atoms with Crippen LogP contribution < -0.4 is 4.74 Å². The van der Waals surface area contributed by atoms with Crippen LogP contribution in [0, 0.1) is 0 Å². The molecule has 4 heteroatoms. The number of aliphatic imine (C=N–C) groups is 1. The third-order valence-electron chi connectivity index (χ3n) is 10.9. The molecule has 2 aliphatic rings. The Bertz CT molecular complexity index is 3130. The van der Waals surface area contributed by atoms with Gasteiger partial charge in [-0.05, 0) is 86.5 Å². The first-order valence-corrected chi connectivity index (χ1v) is 18.9. The summed E-state index contributed by atoms with van der Waals surface area (Å²) in [4.78, 5) is 10.3. The summed E-state index contributed by atoms with van der Waals surface area (Å²) in [5, 5.41) is 2.27. The maximum absolute atomic E-state index is 6.66. The summed E-state index contributed by atoms with van der Waals surface area (Å²) in [6.45, 7) is 0.